The second-order valence-corrected chi connectivity index (χ2v) is 4.42. The molecular weight excluding hydrogens is 202 g/mol. The molecule has 0 aromatic rings. The van der Waals surface area contributed by atoms with Gasteiger partial charge in [-0.05, 0) is 32.5 Å². The molecule has 1 aliphatic rings. The minimum Gasteiger partial charge on any atom is -0.355 e. The second-order valence-electron chi connectivity index (χ2n) is 4.42. The van der Waals surface area contributed by atoms with Crippen LogP contribution in [-0.2, 0) is 4.79 Å². The maximum Gasteiger partial charge on any atom is 0.224 e. The number of likely N-dealkylation sites (N-methyl/N-ethyl adjacent to an activating group) is 1. The van der Waals surface area contributed by atoms with E-state index in [1.807, 2.05) is 0 Å². The Morgan fingerprint density at radius 3 is 2.81 bits per heavy atom. The molecule has 1 amide bonds. The molecular formula is C12H25N3O. The molecule has 1 atom stereocenters. The second kappa shape index (κ2) is 7.63. The van der Waals surface area contributed by atoms with Gasteiger partial charge >= 0.3 is 0 Å². The van der Waals surface area contributed by atoms with Crippen molar-refractivity contribution in [2.75, 3.05) is 39.3 Å². The summed E-state index contributed by atoms with van der Waals surface area (Å²) in [5, 5.41) is 6.24. The van der Waals surface area contributed by atoms with Crippen LogP contribution in [0.2, 0.25) is 0 Å². The molecule has 2 N–H and O–H groups in total. The van der Waals surface area contributed by atoms with E-state index in [1.54, 1.807) is 0 Å². The summed E-state index contributed by atoms with van der Waals surface area (Å²) in [6, 6.07) is 0. The third-order valence-electron chi connectivity index (χ3n) is 3.15. The highest BCUT2D eigenvalue weighted by atomic mass is 16.1. The number of amides is 1. The summed E-state index contributed by atoms with van der Waals surface area (Å²) in [6.45, 7) is 10.1. The van der Waals surface area contributed by atoms with Gasteiger partial charge in [0.15, 0.2) is 0 Å². The van der Waals surface area contributed by atoms with Crippen molar-refractivity contribution in [3.05, 3.63) is 0 Å². The highest BCUT2D eigenvalue weighted by Gasteiger charge is 2.21. The van der Waals surface area contributed by atoms with Crippen LogP contribution >= 0.6 is 0 Å². The van der Waals surface area contributed by atoms with Gasteiger partial charge in [0.05, 0.1) is 5.92 Å². The third kappa shape index (κ3) is 4.49. The van der Waals surface area contributed by atoms with Gasteiger partial charge in [-0.1, -0.05) is 13.8 Å². The van der Waals surface area contributed by atoms with Crippen LogP contribution in [0.5, 0.6) is 0 Å². The number of nitrogens with zero attached hydrogens (tertiary/aromatic N) is 1. The Balaban J connectivity index is 2.11. The molecule has 0 aromatic heterocycles. The SMILES string of the molecule is CCCN(CC)CCNC(=O)C1CCNC1. The minimum atomic E-state index is 0.196. The number of carbonyl (C=O) groups excluding carboxylic acids is 1. The fraction of sp³-hybridized carbons (Fsp3) is 0.917. The maximum atomic E-state index is 11.7. The molecule has 1 heterocycles. The van der Waals surface area contributed by atoms with Crippen LogP contribution in [0.25, 0.3) is 0 Å². The van der Waals surface area contributed by atoms with Crippen LogP contribution in [0, 0.1) is 5.92 Å². The van der Waals surface area contributed by atoms with E-state index < -0.39 is 0 Å². The molecule has 4 nitrogen and oxygen atoms in total. The van der Waals surface area contributed by atoms with Crippen molar-refractivity contribution in [2.45, 2.75) is 26.7 Å². The summed E-state index contributed by atoms with van der Waals surface area (Å²) in [5.74, 6) is 0.416. The largest absolute Gasteiger partial charge is 0.355 e. The van der Waals surface area contributed by atoms with E-state index in [1.165, 1.54) is 6.42 Å². The van der Waals surface area contributed by atoms with Gasteiger partial charge in [-0.2, -0.15) is 0 Å². The summed E-state index contributed by atoms with van der Waals surface area (Å²) in [6.07, 6.45) is 2.16. The zero-order valence-electron chi connectivity index (χ0n) is 10.6. The molecule has 1 aliphatic heterocycles. The Bertz CT molecular complexity index is 202. The molecule has 0 radical (unpaired) electrons. The highest BCUT2D eigenvalue weighted by molar-refractivity contribution is 5.79. The molecule has 16 heavy (non-hydrogen) atoms. The monoisotopic (exact) mass is 227 g/mol. The molecule has 4 heteroatoms. The van der Waals surface area contributed by atoms with Gasteiger partial charge in [0, 0.05) is 19.6 Å². The molecule has 0 spiro atoms. The average molecular weight is 227 g/mol. The first kappa shape index (κ1) is 13.5. The first-order valence-electron chi connectivity index (χ1n) is 6.48. The summed E-state index contributed by atoms with van der Waals surface area (Å²) in [7, 11) is 0. The van der Waals surface area contributed by atoms with E-state index in [0.29, 0.717) is 0 Å². The van der Waals surface area contributed by atoms with Crippen molar-refractivity contribution in [3.63, 3.8) is 0 Å². The van der Waals surface area contributed by atoms with Gasteiger partial charge in [0.25, 0.3) is 0 Å². The van der Waals surface area contributed by atoms with Crippen molar-refractivity contribution >= 4 is 5.91 Å². The maximum absolute atomic E-state index is 11.7. The number of hydrogen-bond acceptors (Lipinski definition) is 3. The van der Waals surface area contributed by atoms with Crippen molar-refractivity contribution in [1.29, 1.82) is 0 Å². The van der Waals surface area contributed by atoms with Gasteiger partial charge in [0.2, 0.25) is 5.91 Å². The Kier molecular flexibility index (Phi) is 6.42. The first-order chi connectivity index (χ1) is 7.77. The zero-order valence-corrected chi connectivity index (χ0v) is 10.6. The van der Waals surface area contributed by atoms with Crippen LogP contribution in [0.3, 0.4) is 0 Å². The lowest BCUT2D eigenvalue weighted by molar-refractivity contribution is -0.124. The van der Waals surface area contributed by atoms with Gasteiger partial charge in [-0.15, -0.1) is 0 Å². The van der Waals surface area contributed by atoms with Crippen molar-refractivity contribution in [3.8, 4) is 0 Å². The van der Waals surface area contributed by atoms with Gasteiger partial charge in [0.1, 0.15) is 0 Å². The lowest BCUT2D eigenvalue weighted by atomic mass is 10.1. The van der Waals surface area contributed by atoms with Crippen LogP contribution < -0.4 is 10.6 Å². The Hall–Kier alpha value is -0.610. The molecule has 1 fully saturated rings. The zero-order chi connectivity index (χ0) is 11.8. The first-order valence-corrected chi connectivity index (χ1v) is 6.48. The normalized spacial score (nSPS) is 20.3. The Morgan fingerprint density at radius 1 is 1.44 bits per heavy atom. The standard InChI is InChI=1S/C12H25N3O/c1-3-8-15(4-2)9-7-14-12(16)11-5-6-13-10-11/h11,13H,3-10H2,1-2H3,(H,14,16). The smallest absolute Gasteiger partial charge is 0.224 e. The fourth-order valence-electron chi connectivity index (χ4n) is 2.10. The summed E-state index contributed by atoms with van der Waals surface area (Å²) >= 11 is 0. The number of nitrogens with one attached hydrogen (secondary N) is 2. The number of carbonyl (C=O) groups is 1. The molecule has 1 saturated heterocycles. The van der Waals surface area contributed by atoms with Crippen LogP contribution in [0.4, 0.5) is 0 Å². The van der Waals surface area contributed by atoms with Crippen LogP contribution in [0.1, 0.15) is 26.7 Å². The average Bonchev–Trinajstić information content (AvgIpc) is 2.81. The topological polar surface area (TPSA) is 44.4 Å². The van der Waals surface area contributed by atoms with E-state index in [9.17, 15) is 4.79 Å². The van der Waals surface area contributed by atoms with Crippen molar-refractivity contribution in [1.82, 2.24) is 15.5 Å². The molecule has 1 unspecified atom stereocenters. The number of hydrogen-bond donors (Lipinski definition) is 2. The van der Waals surface area contributed by atoms with E-state index in [0.717, 1.165) is 45.7 Å². The van der Waals surface area contributed by atoms with Gasteiger partial charge in [-0.25, -0.2) is 0 Å². The molecule has 1 rings (SSSR count). The lowest BCUT2D eigenvalue weighted by Crippen LogP contribution is -2.38. The van der Waals surface area contributed by atoms with Gasteiger partial charge in [-0.3, -0.25) is 4.79 Å². The molecule has 94 valence electrons. The minimum absolute atomic E-state index is 0.196. The van der Waals surface area contributed by atoms with Crippen molar-refractivity contribution in [2.24, 2.45) is 5.92 Å². The molecule has 0 saturated carbocycles. The predicted octanol–water partition coefficient (Wildman–Crippen LogP) is 0.444. The molecule has 0 bridgehead atoms. The highest BCUT2D eigenvalue weighted by Crippen LogP contribution is 2.06. The molecule has 0 aliphatic carbocycles. The van der Waals surface area contributed by atoms with E-state index in [2.05, 4.69) is 29.4 Å². The Labute approximate surface area is 98.8 Å². The van der Waals surface area contributed by atoms with E-state index >= 15 is 0 Å². The fourth-order valence-corrected chi connectivity index (χ4v) is 2.10. The quantitative estimate of drug-likeness (QED) is 0.663. The lowest BCUT2D eigenvalue weighted by Gasteiger charge is -2.20. The van der Waals surface area contributed by atoms with Crippen molar-refractivity contribution < 1.29 is 4.79 Å². The van der Waals surface area contributed by atoms with Gasteiger partial charge < -0.3 is 15.5 Å². The van der Waals surface area contributed by atoms with Crippen LogP contribution in [0.15, 0.2) is 0 Å². The summed E-state index contributed by atoms with van der Waals surface area (Å²) < 4.78 is 0. The van der Waals surface area contributed by atoms with E-state index in [4.69, 9.17) is 0 Å². The number of rotatable bonds is 7. The Morgan fingerprint density at radius 2 is 2.25 bits per heavy atom. The third-order valence-corrected chi connectivity index (χ3v) is 3.15. The summed E-state index contributed by atoms with van der Waals surface area (Å²) in [4.78, 5) is 14.1. The van der Waals surface area contributed by atoms with E-state index in [-0.39, 0.29) is 11.8 Å². The molecule has 0 aromatic carbocycles. The van der Waals surface area contributed by atoms with Crippen LogP contribution in [-0.4, -0.2) is 50.1 Å². The predicted molar refractivity (Wildman–Crippen MR) is 66.4 cm³/mol. The summed E-state index contributed by atoms with van der Waals surface area (Å²) in [5.41, 5.74) is 0.